The van der Waals surface area contributed by atoms with Crippen molar-refractivity contribution in [1.29, 1.82) is 10.5 Å². The first-order chi connectivity index (χ1) is 13.2. The van der Waals surface area contributed by atoms with E-state index < -0.39 is 0 Å². The van der Waals surface area contributed by atoms with Crippen molar-refractivity contribution in [2.75, 3.05) is 0 Å². The fourth-order valence-electron chi connectivity index (χ4n) is 3.19. The normalized spacial score (nSPS) is 10.8. The molecule has 2 aromatic heterocycles. The second-order valence-corrected chi connectivity index (χ2v) is 7.20. The van der Waals surface area contributed by atoms with Gasteiger partial charge in [0.2, 0.25) is 0 Å². The van der Waals surface area contributed by atoms with Crippen molar-refractivity contribution < 1.29 is 0 Å². The zero-order valence-corrected chi connectivity index (χ0v) is 15.6. The van der Waals surface area contributed by atoms with Crippen LogP contribution in [0.5, 0.6) is 0 Å². The molecule has 0 saturated carbocycles. The summed E-state index contributed by atoms with van der Waals surface area (Å²) in [7, 11) is 0. The lowest BCUT2D eigenvalue weighted by Gasteiger charge is -2.11. The third kappa shape index (κ3) is 3.03. The van der Waals surface area contributed by atoms with Crippen LogP contribution < -0.4 is 0 Å². The van der Waals surface area contributed by atoms with E-state index >= 15 is 0 Å². The van der Waals surface area contributed by atoms with E-state index in [1.54, 1.807) is 11.8 Å². The molecular weight excluding hydrogens is 352 g/mol. The summed E-state index contributed by atoms with van der Waals surface area (Å²) in [6.45, 7) is 2.06. The number of pyridine rings is 1. The summed E-state index contributed by atoms with van der Waals surface area (Å²) < 4.78 is 2.08. The zero-order chi connectivity index (χ0) is 18.8. The first-order valence-corrected chi connectivity index (χ1v) is 9.68. The predicted molar refractivity (Wildman–Crippen MR) is 108 cm³/mol. The lowest BCUT2D eigenvalue weighted by molar-refractivity contribution is 1.00. The highest BCUT2D eigenvalue weighted by Crippen LogP contribution is 2.31. The summed E-state index contributed by atoms with van der Waals surface area (Å²) in [5.74, 6) is 0.780. The van der Waals surface area contributed by atoms with Gasteiger partial charge in [0.05, 0.1) is 33.3 Å². The monoisotopic (exact) mass is 368 g/mol. The van der Waals surface area contributed by atoms with E-state index in [1.807, 2.05) is 48.5 Å². The van der Waals surface area contributed by atoms with E-state index in [1.165, 1.54) is 0 Å². The maximum atomic E-state index is 9.68. The van der Waals surface area contributed by atoms with Crippen LogP contribution in [0.1, 0.15) is 29.2 Å². The molecule has 4 rings (SSSR count). The van der Waals surface area contributed by atoms with E-state index in [0.29, 0.717) is 11.1 Å². The zero-order valence-electron chi connectivity index (χ0n) is 14.8. The Kier molecular flexibility index (Phi) is 4.54. The van der Waals surface area contributed by atoms with Crippen molar-refractivity contribution in [3.8, 4) is 12.1 Å². The van der Waals surface area contributed by atoms with E-state index in [-0.39, 0.29) is 0 Å². The molecule has 0 aliphatic rings. The molecule has 4 nitrogen and oxygen atoms in total. The molecule has 0 aliphatic carbocycles. The first kappa shape index (κ1) is 17.1. The molecule has 5 heteroatoms. The lowest BCUT2D eigenvalue weighted by Crippen LogP contribution is -1.99. The highest BCUT2D eigenvalue weighted by Gasteiger charge is 2.16. The molecule has 130 valence electrons. The second kappa shape index (κ2) is 7.15. The summed E-state index contributed by atoms with van der Waals surface area (Å²) in [6.07, 6.45) is 0.785. The number of aryl methyl sites for hydroxylation is 1. The lowest BCUT2D eigenvalue weighted by atomic mass is 10.1. The van der Waals surface area contributed by atoms with Crippen LogP contribution >= 0.6 is 11.8 Å². The number of para-hydroxylation sites is 2. The van der Waals surface area contributed by atoms with Crippen LogP contribution in [0.15, 0.2) is 59.6 Å². The van der Waals surface area contributed by atoms with Gasteiger partial charge in [0.15, 0.2) is 5.65 Å². The average molecular weight is 368 g/mol. The topological polar surface area (TPSA) is 64.9 Å². The highest BCUT2D eigenvalue weighted by molar-refractivity contribution is 7.98. The van der Waals surface area contributed by atoms with Gasteiger partial charge in [0.25, 0.3) is 0 Å². The number of rotatable bonds is 4. The predicted octanol–water partition coefficient (Wildman–Crippen LogP) is 5.09. The number of nitrogens with zero attached hydrogens (tertiary/aromatic N) is 4. The van der Waals surface area contributed by atoms with Gasteiger partial charge in [0, 0.05) is 5.75 Å². The van der Waals surface area contributed by atoms with Crippen LogP contribution in [-0.4, -0.2) is 9.38 Å². The van der Waals surface area contributed by atoms with Gasteiger partial charge in [0.1, 0.15) is 6.07 Å². The van der Waals surface area contributed by atoms with E-state index in [0.717, 1.165) is 45.0 Å². The summed E-state index contributed by atoms with van der Waals surface area (Å²) in [5, 5.41) is 19.7. The molecule has 0 fully saturated rings. The van der Waals surface area contributed by atoms with Crippen LogP contribution in [0.3, 0.4) is 0 Å². The molecule has 0 N–H and O–H groups in total. The Bertz CT molecular complexity index is 1220. The molecule has 0 spiro atoms. The van der Waals surface area contributed by atoms with Crippen molar-refractivity contribution in [3.05, 3.63) is 76.9 Å². The van der Waals surface area contributed by atoms with Gasteiger partial charge >= 0.3 is 0 Å². The third-order valence-electron chi connectivity index (χ3n) is 4.59. The van der Waals surface area contributed by atoms with Crippen molar-refractivity contribution in [1.82, 2.24) is 9.38 Å². The minimum atomic E-state index is 0.649. The number of thioether (sulfide) groups is 1. The number of hydrogen-bond acceptors (Lipinski definition) is 4. The first-order valence-electron chi connectivity index (χ1n) is 8.70. The molecule has 0 bridgehead atoms. The quantitative estimate of drug-likeness (QED) is 0.471. The van der Waals surface area contributed by atoms with Crippen LogP contribution in [-0.2, 0) is 12.2 Å². The number of hydrogen-bond donors (Lipinski definition) is 0. The number of aromatic nitrogens is 2. The summed E-state index contributed by atoms with van der Waals surface area (Å²) in [5.41, 5.74) is 6.10. The standard InChI is InChI=1S/C22H16N4S/c1-2-17-11-21(27-14-16-9-7-15(12-23)8-10-16)26-20-6-4-3-5-19(20)25-22(26)18(17)13-24/h3-11H,2,14H2,1H3. The Morgan fingerprint density at radius 1 is 1.04 bits per heavy atom. The van der Waals surface area contributed by atoms with Gasteiger partial charge in [-0.15, -0.1) is 11.8 Å². The molecule has 27 heavy (non-hydrogen) atoms. The van der Waals surface area contributed by atoms with E-state index in [9.17, 15) is 5.26 Å². The largest absolute Gasteiger partial charge is 0.286 e. The number of benzene rings is 2. The number of imidazole rings is 1. The van der Waals surface area contributed by atoms with Crippen molar-refractivity contribution in [3.63, 3.8) is 0 Å². The summed E-state index contributed by atoms with van der Waals surface area (Å²) in [6, 6.07) is 22.2. The van der Waals surface area contributed by atoms with Gasteiger partial charge in [-0.2, -0.15) is 10.5 Å². The molecule has 4 aromatic rings. The Balaban J connectivity index is 1.83. The molecule has 0 amide bonds. The van der Waals surface area contributed by atoms with E-state index in [2.05, 4.69) is 29.5 Å². The second-order valence-electron chi connectivity index (χ2n) is 6.21. The molecule has 0 atom stereocenters. The molecule has 2 heterocycles. The SMILES string of the molecule is CCc1cc(SCc2ccc(C#N)cc2)n2c(nc3ccccc32)c1C#N. The average Bonchev–Trinajstić information content (AvgIpc) is 3.11. The third-order valence-corrected chi connectivity index (χ3v) is 5.66. The van der Waals surface area contributed by atoms with Gasteiger partial charge in [-0.3, -0.25) is 4.40 Å². The van der Waals surface area contributed by atoms with Gasteiger partial charge in [-0.25, -0.2) is 4.98 Å². The van der Waals surface area contributed by atoms with Gasteiger partial charge in [-0.1, -0.05) is 31.2 Å². The summed E-state index contributed by atoms with van der Waals surface area (Å²) in [4.78, 5) is 4.72. The van der Waals surface area contributed by atoms with Crippen molar-refractivity contribution in [2.24, 2.45) is 0 Å². The smallest absolute Gasteiger partial charge is 0.157 e. The van der Waals surface area contributed by atoms with Crippen molar-refractivity contribution in [2.45, 2.75) is 24.1 Å². The molecule has 0 saturated heterocycles. The Labute approximate surface area is 161 Å². The highest BCUT2D eigenvalue weighted by atomic mass is 32.2. The molecule has 0 radical (unpaired) electrons. The van der Waals surface area contributed by atoms with Crippen LogP contribution in [0, 0.1) is 22.7 Å². The Morgan fingerprint density at radius 2 is 1.81 bits per heavy atom. The molecule has 0 aliphatic heterocycles. The maximum absolute atomic E-state index is 9.68. The van der Waals surface area contributed by atoms with Crippen molar-refractivity contribution >= 4 is 28.4 Å². The van der Waals surface area contributed by atoms with Crippen LogP contribution in [0.25, 0.3) is 16.7 Å². The Morgan fingerprint density at radius 3 is 2.52 bits per heavy atom. The van der Waals surface area contributed by atoms with Crippen LogP contribution in [0.4, 0.5) is 0 Å². The molecule has 0 unspecified atom stereocenters. The Hall–Kier alpha value is -3.28. The minimum absolute atomic E-state index is 0.649. The van der Waals surface area contributed by atoms with Gasteiger partial charge < -0.3 is 0 Å². The molecule has 2 aromatic carbocycles. The summed E-state index contributed by atoms with van der Waals surface area (Å²) >= 11 is 1.72. The van der Waals surface area contributed by atoms with E-state index in [4.69, 9.17) is 10.2 Å². The van der Waals surface area contributed by atoms with Gasteiger partial charge in [-0.05, 0) is 47.9 Å². The molecular formula is C22H16N4S. The number of fused-ring (bicyclic) bond motifs is 3. The maximum Gasteiger partial charge on any atom is 0.157 e. The van der Waals surface area contributed by atoms with Crippen LogP contribution in [0.2, 0.25) is 0 Å². The number of nitriles is 2. The minimum Gasteiger partial charge on any atom is -0.286 e. The fraction of sp³-hybridized carbons (Fsp3) is 0.136. The fourth-order valence-corrected chi connectivity index (χ4v) is 4.23.